The SMILES string of the molecule is COc1ccc(NC(=O)C(C=C(N)OCCCN(C)C)=NCc2ccccc2)cc1. The van der Waals surface area contributed by atoms with Gasteiger partial charge >= 0.3 is 0 Å². The van der Waals surface area contributed by atoms with Crippen LogP contribution in [0.5, 0.6) is 5.75 Å². The predicted molar refractivity (Wildman–Crippen MR) is 121 cm³/mol. The molecule has 0 atom stereocenters. The molecular weight excluding hydrogens is 380 g/mol. The molecule has 0 unspecified atom stereocenters. The molecule has 7 heteroatoms. The molecule has 0 fully saturated rings. The molecular formula is C23H30N4O3. The molecule has 0 aliphatic rings. The van der Waals surface area contributed by atoms with Crippen LogP contribution in [0.4, 0.5) is 5.69 Å². The zero-order valence-corrected chi connectivity index (χ0v) is 17.8. The van der Waals surface area contributed by atoms with Crippen molar-refractivity contribution in [2.45, 2.75) is 13.0 Å². The van der Waals surface area contributed by atoms with Gasteiger partial charge in [-0.05, 0) is 50.3 Å². The van der Waals surface area contributed by atoms with E-state index in [9.17, 15) is 4.79 Å². The smallest absolute Gasteiger partial charge is 0.274 e. The summed E-state index contributed by atoms with van der Waals surface area (Å²) in [6.07, 6.45) is 2.30. The summed E-state index contributed by atoms with van der Waals surface area (Å²) in [5, 5.41) is 2.83. The van der Waals surface area contributed by atoms with Crippen molar-refractivity contribution in [3.05, 3.63) is 72.1 Å². The van der Waals surface area contributed by atoms with Crippen molar-refractivity contribution in [1.29, 1.82) is 0 Å². The third kappa shape index (κ3) is 8.36. The van der Waals surface area contributed by atoms with Gasteiger partial charge in [-0.3, -0.25) is 9.79 Å². The molecule has 30 heavy (non-hydrogen) atoms. The first-order valence-corrected chi connectivity index (χ1v) is 9.76. The maximum Gasteiger partial charge on any atom is 0.274 e. The molecule has 3 N–H and O–H groups in total. The standard InChI is InChI=1S/C23H30N4O3/c1-27(2)14-7-15-30-22(24)16-21(25-17-18-8-5-4-6-9-18)23(28)26-19-10-12-20(29-3)13-11-19/h4-6,8-13,16H,7,14-15,17,24H2,1-3H3,(H,26,28). The van der Waals surface area contributed by atoms with Gasteiger partial charge in [-0.2, -0.15) is 0 Å². The number of benzene rings is 2. The molecule has 0 saturated carbocycles. The quantitative estimate of drug-likeness (QED) is 0.338. The molecule has 0 heterocycles. The van der Waals surface area contributed by atoms with Crippen LogP contribution >= 0.6 is 0 Å². The summed E-state index contributed by atoms with van der Waals surface area (Å²) in [6.45, 7) is 1.71. The van der Waals surface area contributed by atoms with Crippen LogP contribution in [0, 0.1) is 0 Å². The number of nitrogens with zero attached hydrogens (tertiary/aromatic N) is 2. The third-order valence-electron chi connectivity index (χ3n) is 4.15. The van der Waals surface area contributed by atoms with Crippen molar-refractivity contribution < 1.29 is 14.3 Å². The molecule has 0 saturated heterocycles. The van der Waals surface area contributed by atoms with Gasteiger partial charge in [-0.25, -0.2) is 0 Å². The van der Waals surface area contributed by atoms with Gasteiger partial charge in [0.1, 0.15) is 11.5 Å². The number of rotatable bonds is 11. The maximum atomic E-state index is 12.8. The number of amides is 1. The zero-order chi connectivity index (χ0) is 21.8. The Kier molecular flexibility index (Phi) is 9.40. The number of hydrogen-bond donors (Lipinski definition) is 2. The highest BCUT2D eigenvalue weighted by Crippen LogP contribution is 2.15. The number of ether oxygens (including phenoxy) is 2. The predicted octanol–water partition coefficient (Wildman–Crippen LogP) is 3.04. The normalized spacial score (nSPS) is 12.0. The van der Waals surface area contributed by atoms with Crippen LogP contribution in [-0.4, -0.2) is 50.9 Å². The van der Waals surface area contributed by atoms with Gasteiger partial charge in [0.25, 0.3) is 5.91 Å². The van der Waals surface area contributed by atoms with E-state index in [1.54, 1.807) is 31.4 Å². The first-order valence-electron chi connectivity index (χ1n) is 9.76. The topological polar surface area (TPSA) is 89.2 Å². The van der Waals surface area contributed by atoms with Crippen LogP contribution in [0.3, 0.4) is 0 Å². The van der Waals surface area contributed by atoms with E-state index in [0.717, 1.165) is 18.5 Å². The van der Waals surface area contributed by atoms with Crippen molar-refractivity contribution >= 4 is 17.3 Å². The molecule has 0 spiro atoms. The third-order valence-corrected chi connectivity index (χ3v) is 4.15. The van der Waals surface area contributed by atoms with Crippen LogP contribution < -0.4 is 15.8 Å². The summed E-state index contributed by atoms with van der Waals surface area (Å²) in [6, 6.07) is 16.8. The van der Waals surface area contributed by atoms with Crippen LogP contribution in [0.2, 0.25) is 0 Å². The van der Waals surface area contributed by atoms with Gasteiger partial charge in [-0.1, -0.05) is 30.3 Å². The second-order valence-electron chi connectivity index (χ2n) is 6.92. The minimum absolute atomic E-state index is 0.158. The molecule has 0 aliphatic carbocycles. The average molecular weight is 411 g/mol. The van der Waals surface area contributed by atoms with E-state index in [4.69, 9.17) is 15.2 Å². The monoisotopic (exact) mass is 410 g/mol. The van der Waals surface area contributed by atoms with Gasteiger partial charge in [0.05, 0.1) is 20.3 Å². The Labute approximate surface area is 178 Å². The zero-order valence-electron chi connectivity index (χ0n) is 17.8. The molecule has 2 aromatic carbocycles. The minimum atomic E-state index is -0.365. The fourth-order valence-electron chi connectivity index (χ4n) is 2.56. The van der Waals surface area contributed by atoms with Crippen LogP contribution in [0.25, 0.3) is 0 Å². The number of nitrogens with two attached hydrogens (primary N) is 1. The fourth-order valence-corrected chi connectivity index (χ4v) is 2.56. The molecule has 0 aromatic heterocycles. The molecule has 2 aromatic rings. The van der Waals surface area contributed by atoms with Crippen molar-refractivity contribution in [3.8, 4) is 5.75 Å². The lowest BCUT2D eigenvalue weighted by atomic mass is 10.2. The molecule has 2 rings (SSSR count). The first kappa shape index (κ1) is 23.0. The molecule has 160 valence electrons. The lowest BCUT2D eigenvalue weighted by molar-refractivity contribution is -0.110. The molecule has 1 amide bonds. The Morgan fingerprint density at radius 1 is 1.13 bits per heavy atom. The average Bonchev–Trinajstić information content (AvgIpc) is 2.75. The Hall–Kier alpha value is -3.32. The van der Waals surface area contributed by atoms with Crippen molar-refractivity contribution in [1.82, 2.24) is 4.90 Å². The summed E-state index contributed by atoms with van der Waals surface area (Å²) in [4.78, 5) is 19.3. The van der Waals surface area contributed by atoms with E-state index >= 15 is 0 Å². The summed E-state index contributed by atoms with van der Waals surface area (Å²) >= 11 is 0. The molecule has 0 radical (unpaired) electrons. The second kappa shape index (κ2) is 12.3. The van der Waals surface area contributed by atoms with Gasteiger partial charge in [-0.15, -0.1) is 0 Å². The number of carbonyl (C=O) groups excluding carboxylic acids is 1. The number of hydrogen-bond acceptors (Lipinski definition) is 6. The summed E-state index contributed by atoms with van der Waals surface area (Å²) in [5.41, 5.74) is 7.80. The van der Waals surface area contributed by atoms with Gasteiger partial charge in [0.2, 0.25) is 0 Å². The van der Waals surface area contributed by atoms with E-state index in [0.29, 0.717) is 24.6 Å². The fraction of sp³-hybridized carbons (Fsp3) is 0.304. The Bertz CT molecular complexity index is 847. The van der Waals surface area contributed by atoms with Crippen LogP contribution in [-0.2, 0) is 16.1 Å². The molecule has 7 nitrogen and oxygen atoms in total. The summed E-state index contributed by atoms with van der Waals surface area (Å²) in [5.74, 6) is 0.502. The van der Waals surface area contributed by atoms with E-state index in [-0.39, 0.29) is 17.5 Å². The van der Waals surface area contributed by atoms with Crippen LogP contribution in [0.1, 0.15) is 12.0 Å². The van der Waals surface area contributed by atoms with E-state index < -0.39 is 0 Å². The Morgan fingerprint density at radius 2 is 1.83 bits per heavy atom. The Morgan fingerprint density at radius 3 is 2.47 bits per heavy atom. The lowest BCUT2D eigenvalue weighted by Gasteiger charge is -2.11. The highest BCUT2D eigenvalue weighted by atomic mass is 16.5. The number of anilines is 1. The number of aliphatic imine (C=N–C) groups is 1. The maximum absolute atomic E-state index is 12.8. The van der Waals surface area contributed by atoms with E-state index in [1.165, 1.54) is 6.08 Å². The summed E-state index contributed by atoms with van der Waals surface area (Å²) < 4.78 is 10.7. The summed E-state index contributed by atoms with van der Waals surface area (Å²) in [7, 11) is 5.59. The largest absolute Gasteiger partial charge is 0.497 e. The number of methoxy groups -OCH3 is 1. The highest BCUT2D eigenvalue weighted by molar-refractivity contribution is 6.47. The van der Waals surface area contributed by atoms with Gasteiger partial charge in [0.15, 0.2) is 5.88 Å². The first-order chi connectivity index (χ1) is 14.5. The molecule has 0 bridgehead atoms. The van der Waals surface area contributed by atoms with E-state index in [2.05, 4.69) is 15.2 Å². The number of nitrogens with one attached hydrogen (secondary N) is 1. The van der Waals surface area contributed by atoms with Gasteiger partial charge in [0, 0.05) is 18.3 Å². The number of carbonyl (C=O) groups is 1. The second-order valence-corrected chi connectivity index (χ2v) is 6.92. The van der Waals surface area contributed by atoms with Crippen molar-refractivity contribution in [2.75, 3.05) is 39.7 Å². The Balaban J connectivity index is 2.10. The highest BCUT2D eigenvalue weighted by Gasteiger charge is 2.11. The van der Waals surface area contributed by atoms with Crippen molar-refractivity contribution in [3.63, 3.8) is 0 Å². The molecule has 0 aliphatic heterocycles. The van der Waals surface area contributed by atoms with Gasteiger partial charge < -0.3 is 25.4 Å². The minimum Gasteiger partial charge on any atom is -0.497 e. The van der Waals surface area contributed by atoms with Crippen molar-refractivity contribution in [2.24, 2.45) is 10.7 Å². The lowest BCUT2D eigenvalue weighted by Crippen LogP contribution is -2.23. The van der Waals surface area contributed by atoms with Crippen LogP contribution in [0.15, 0.2) is 71.5 Å². The van der Waals surface area contributed by atoms with E-state index in [1.807, 2.05) is 44.4 Å².